The maximum Gasteiger partial charge on any atom is 0.343 e. The molecule has 0 saturated heterocycles. The second-order valence-electron chi connectivity index (χ2n) is 7.18. The molecule has 4 aromatic carbocycles. The standard InChI is InChI=1S/C25H17N3O6/c29-23-14-19-4-2-1-3-18(19)13-22(23)24(30)27-26-15-16-5-11-21(12-6-16)34-25(31)17-7-9-20(10-8-17)28(32)33/h1-15,29H,(H,27,30)/b26-15+. The zero-order chi connectivity index (χ0) is 24.1. The van der Waals surface area contributed by atoms with E-state index >= 15 is 0 Å². The minimum atomic E-state index is -0.654. The molecule has 34 heavy (non-hydrogen) atoms. The average Bonchev–Trinajstić information content (AvgIpc) is 2.84. The van der Waals surface area contributed by atoms with E-state index in [4.69, 9.17) is 4.74 Å². The number of nitro benzene ring substituents is 1. The fourth-order valence-electron chi connectivity index (χ4n) is 3.14. The van der Waals surface area contributed by atoms with Gasteiger partial charge in [0.1, 0.15) is 11.5 Å². The van der Waals surface area contributed by atoms with Gasteiger partial charge >= 0.3 is 5.97 Å². The van der Waals surface area contributed by atoms with Gasteiger partial charge in [-0.15, -0.1) is 0 Å². The van der Waals surface area contributed by atoms with Crippen molar-refractivity contribution in [3.05, 3.63) is 112 Å². The summed E-state index contributed by atoms with van der Waals surface area (Å²) in [6, 6.07) is 21.9. The average molecular weight is 455 g/mol. The Balaban J connectivity index is 1.36. The Kier molecular flexibility index (Phi) is 6.26. The van der Waals surface area contributed by atoms with E-state index in [1.807, 2.05) is 24.3 Å². The molecule has 9 nitrogen and oxygen atoms in total. The van der Waals surface area contributed by atoms with Crippen LogP contribution in [0.3, 0.4) is 0 Å². The summed E-state index contributed by atoms with van der Waals surface area (Å²) < 4.78 is 5.25. The van der Waals surface area contributed by atoms with Crippen molar-refractivity contribution in [3.8, 4) is 11.5 Å². The molecular weight excluding hydrogens is 438 g/mol. The van der Waals surface area contributed by atoms with Crippen LogP contribution in [0.5, 0.6) is 11.5 Å². The van der Waals surface area contributed by atoms with E-state index in [1.165, 1.54) is 36.5 Å². The van der Waals surface area contributed by atoms with Gasteiger partial charge in [0.25, 0.3) is 11.6 Å². The lowest BCUT2D eigenvalue weighted by Crippen LogP contribution is -2.17. The molecule has 0 saturated carbocycles. The number of rotatable bonds is 6. The highest BCUT2D eigenvalue weighted by Gasteiger charge is 2.13. The summed E-state index contributed by atoms with van der Waals surface area (Å²) in [5, 5.41) is 26.4. The van der Waals surface area contributed by atoms with Crippen molar-refractivity contribution in [2.24, 2.45) is 5.10 Å². The predicted molar refractivity (Wildman–Crippen MR) is 125 cm³/mol. The second-order valence-corrected chi connectivity index (χ2v) is 7.18. The molecule has 0 aromatic heterocycles. The van der Waals surface area contributed by atoms with E-state index in [2.05, 4.69) is 10.5 Å². The van der Waals surface area contributed by atoms with Crippen molar-refractivity contribution in [1.29, 1.82) is 0 Å². The van der Waals surface area contributed by atoms with Crippen LogP contribution in [0.25, 0.3) is 10.8 Å². The number of nitrogens with one attached hydrogen (secondary N) is 1. The smallest absolute Gasteiger partial charge is 0.343 e. The third-order valence-corrected chi connectivity index (χ3v) is 4.89. The lowest BCUT2D eigenvalue weighted by molar-refractivity contribution is -0.384. The van der Waals surface area contributed by atoms with Crippen molar-refractivity contribution >= 4 is 34.6 Å². The molecule has 0 fully saturated rings. The van der Waals surface area contributed by atoms with E-state index in [0.717, 1.165) is 10.8 Å². The molecule has 0 bridgehead atoms. The maximum atomic E-state index is 12.4. The zero-order valence-electron chi connectivity index (χ0n) is 17.5. The van der Waals surface area contributed by atoms with Crippen molar-refractivity contribution in [1.82, 2.24) is 5.43 Å². The van der Waals surface area contributed by atoms with Gasteiger partial charge in [-0.05, 0) is 64.9 Å². The Hall–Kier alpha value is -5.05. The van der Waals surface area contributed by atoms with Gasteiger partial charge in [-0.2, -0.15) is 5.10 Å². The normalized spacial score (nSPS) is 10.8. The summed E-state index contributed by atoms with van der Waals surface area (Å²) in [6.45, 7) is 0. The van der Waals surface area contributed by atoms with Gasteiger partial charge in [0.05, 0.1) is 22.3 Å². The lowest BCUT2D eigenvalue weighted by atomic mass is 10.1. The molecule has 168 valence electrons. The topological polar surface area (TPSA) is 131 Å². The van der Waals surface area contributed by atoms with Crippen molar-refractivity contribution in [2.45, 2.75) is 0 Å². The number of phenols is 1. The Bertz CT molecular complexity index is 1410. The number of hydrogen-bond acceptors (Lipinski definition) is 7. The molecule has 0 unspecified atom stereocenters. The highest BCUT2D eigenvalue weighted by atomic mass is 16.6. The first-order valence-corrected chi connectivity index (χ1v) is 10.0. The van der Waals surface area contributed by atoms with Crippen LogP contribution in [0.15, 0.2) is 90.0 Å². The molecule has 0 spiro atoms. The number of hydrazone groups is 1. The second kappa shape index (κ2) is 9.61. The molecule has 0 aliphatic heterocycles. The van der Waals surface area contributed by atoms with Crippen LogP contribution >= 0.6 is 0 Å². The third-order valence-electron chi connectivity index (χ3n) is 4.89. The van der Waals surface area contributed by atoms with Crippen LogP contribution in [-0.4, -0.2) is 28.1 Å². The quantitative estimate of drug-likeness (QED) is 0.145. The van der Waals surface area contributed by atoms with Gasteiger partial charge in [-0.3, -0.25) is 14.9 Å². The largest absolute Gasteiger partial charge is 0.507 e. The first kappa shape index (κ1) is 22.2. The molecule has 0 atom stereocenters. The summed E-state index contributed by atoms with van der Waals surface area (Å²) in [5.74, 6) is -1.09. The van der Waals surface area contributed by atoms with Crippen LogP contribution in [0, 0.1) is 10.1 Å². The van der Waals surface area contributed by atoms with Crippen molar-refractivity contribution in [2.75, 3.05) is 0 Å². The number of aromatic hydroxyl groups is 1. The SMILES string of the molecule is O=C(Oc1ccc(/C=N/NC(=O)c2cc3ccccc3cc2O)cc1)c1ccc([N+](=O)[O-])cc1. The number of carbonyl (C=O) groups is 2. The van der Waals surface area contributed by atoms with E-state index in [-0.39, 0.29) is 28.3 Å². The summed E-state index contributed by atoms with van der Waals surface area (Å²) in [5.41, 5.74) is 3.15. The Morgan fingerprint density at radius 3 is 2.24 bits per heavy atom. The Morgan fingerprint density at radius 1 is 0.941 bits per heavy atom. The van der Waals surface area contributed by atoms with E-state index < -0.39 is 16.8 Å². The molecule has 0 radical (unpaired) electrons. The molecule has 1 amide bonds. The number of hydrogen-bond donors (Lipinski definition) is 2. The Labute approximate surface area is 193 Å². The highest BCUT2D eigenvalue weighted by molar-refractivity contribution is 6.01. The van der Waals surface area contributed by atoms with Gasteiger partial charge in [0.2, 0.25) is 0 Å². The van der Waals surface area contributed by atoms with Gasteiger partial charge in [0, 0.05) is 12.1 Å². The summed E-state index contributed by atoms with van der Waals surface area (Å²) in [6.07, 6.45) is 1.40. The molecule has 4 aromatic rings. The van der Waals surface area contributed by atoms with Crippen LogP contribution in [-0.2, 0) is 0 Å². The van der Waals surface area contributed by atoms with Crippen LogP contribution in [0.1, 0.15) is 26.3 Å². The summed E-state index contributed by atoms with van der Waals surface area (Å²) in [7, 11) is 0. The number of amides is 1. The number of ether oxygens (including phenoxy) is 1. The number of nitrogens with zero attached hydrogens (tertiary/aromatic N) is 2. The van der Waals surface area contributed by atoms with Gasteiger partial charge < -0.3 is 9.84 Å². The van der Waals surface area contributed by atoms with Gasteiger partial charge in [-0.1, -0.05) is 24.3 Å². The van der Waals surface area contributed by atoms with E-state index in [1.54, 1.807) is 30.3 Å². The van der Waals surface area contributed by atoms with E-state index in [0.29, 0.717) is 5.56 Å². The van der Waals surface area contributed by atoms with Crippen molar-refractivity contribution < 1.29 is 24.4 Å². The maximum absolute atomic E-state index is 12.4. The van der Waals surface area contributed by atoms with Crippen LogP contribution in [0.2, 0.25) is 0 Å². The number of non-ortho nitro benzene ring substituents is 1. The molecule has 0 aliphatic rings. The molecular formula is C25H17N3O6. The minimum Gasteiger partial charge on any atom is -0.507 e. The summed E-state index contributed by atoms with van der Waals surface area (Å²) in [4.78, 5) is 34.7. The molecule has 0 heterocycles. The third kappa shape index (κ3) is 5.05. The molecule has 2 N–H and O–H groups in total. The Morgan fingerprint density at radius 2 is 1.59 bits per heavy atom. The van der Waals surface area contributed by atoms with Crippen molar-refractivity contribution in [3.63, 3.8) is 0 Å². The number of nitro groups is 1. The fraction of sp³-hybridized carbons (Fsp3) is 0. The highest BCUT2D eigenvalue weighted by Crippen LogP contribution is 2.25. The number of esters is 1. The fourth-order valence-corrected chi connectivity index (χ4v) is 3.14. The number of fused-ring (bicyclic) bond motifs is 1. The number of carbonyl (C=O) groups excluding carboxylic acids is 2. The van der Waals surface area contributed by atoms with Crippen LogP contribution < -0.4 is 10.2 Å². The number of phenolic OH excluding ortho intramolecular Hbond substituents is 1. The molecule has 0 aliphatic carbocycles. The lowest BCUT2D eigenvalue weighted by Gasteiger charge is -2.06. The molecule has 9 heteroatoms. The zero-order valence-corrected chi connectivity index (χ0v) is 17.5. The molecule has 4 rings (SSSR count). The predicted octanol–water partition coefficient (Wildman–Crippen LogP) is 4.44. The van der Waals surface area contributed by atoms with Crippen LogP contribution in [0.4, 0.5) is 5.69 Å². The van der Waals surface area contributed by atoms with Gasteiger partial charge in [0.15, 0.2) is 0 Å². The first-order valence-electron chi connectivity index (χ1n) is 10.0. The monoisotopic (exact) mass is 455 g/mol. The number of benzene rings is 4. The first-order chi connectivity index (χ1) is 16.4. The van der Waals surface area contributed by atoms with Gasteiger partial charge in [-0.25, -0.2) is 10.2 Å². The minimum absolute atomic E-state index is 0.101. The van der Waals surface area contributed by atoms with E-state index in [9.17, 15) is 24.8 Å². The summed E-state index contributed by atoms with van der Waals surface area (Å²) >= 11 is 0.